The molecule has 0 atom stereocenters. The molecule has 0 aromatic carbocycles. The van der Waals surface area contributed by atoms with E-state index < -0.39 is 0 Å². The molecule has 0 aromatic rings. The second-order valence-electron chi connectivity index (χ2n) is 1.08. The van der Waals surface area contributed by atoms with Crippen molar-refractivity contribution in [3.8, 4) is 0 Å². The largest absolute Gasteiger partial charge is 0.0991 e. The SMILES string of the molecule is C=C/C=C/C=[C]\C. The quantitative estimate of drug-likeness (QED) is 0.459. The van der Waals surface area contributed by atoms with Crippen LogP contribution in [0.5, 0.6) is 0 Å². The lowest BCUT2D eigenvalue weighted by Gasteiger charge is -1.64. The van der Waals surface area contributed by atoms with Crippen LogP contribution in [0.4, 0.5) is 0 Å². The second kappa shape index (κ2) is 5.22. The highest BCUT2D eigenvalue weighted by atomic mass is 13.6. The predicted molar refractivity (Wildman–Crippen MR) is 32.8 cm³/mol. The Morgan fingerprint density at radius 3 is 2.57 bits per heavy atom. The van der Waals surface area contributed by atoms with Gasteiger partial charge in [0.2, 0.25) is 0 Å². The van der Waals surface area contributed by atoms with E-state index in [-0.39, 0.29) is 0 Å². The van der Waals surface area contributed by atoms with Crippen LogP contribution in [-0.2, 0) is 0 Å². The molecule has 0 heteroatoms. The average molecular weight is 93.1 g/mol. The van der Waals surface area contributed by atoms with Gasteiger partial charge in [-0.1, -0.05) is 30.9 Å². The van der Waals surface area contributed by atoms with Gasteiger partial charge in [-0.15, -0.1) is 0 Å². The highest BCUT2D eigenvalue weighted by Gasteiger charge is 1.52. The Hall–Kier alpha value is -0.780. The van der Waals surface area contributed by atoms with Crippen molar-refractivity contribution in [3.63, 3.8) is 0 Å². The van der Waals surface area contributed by atoms with Gasteiger partial charge < -0.3 is 0 Å². The first-order valence-electron chi connectivity index (χ1n) is 2.20. The molecule has 0 spiro atoms. The Labute approximate surface area is 44.9 Å². The normalized spacial score (nSPS) is 11.0. The predicted octanol–water partition coefficient (Wildman–Crippen LogP) is 2.11. The molecular formula is C7H9. The molecule has 7 heavy (non-hydrogen) atoms. The molecule has 0 heterocycles. The van der Waals surface area contributed by atoms with Crippen molar-refractivity contribution in [1.82, 2.24) is 0 Å². The van der Waals surface area contributed by atoms with Crippen LogP contribution < -0.4 is 0 Å². The molecule has 0 N–H and O–H groups in total. The van der Waals surface area contributed by atoms with Crippen molar-refractivity contribution >= 4 is 0 Å². The summed E-state index contributed by atoms with van der Waals surface area (Å²) < 4.78 is 0. The van der Waals surface area contributed by atoms with Gasteiger partial charge in [-0.25, -0.2) is 0 Å². The van der Waals surface area contributed by atoms with Gasteiger partial charge in [0.05, 0.1) is 0 Å². The van der Waals surface area contributed by atoms with Crippen LogP contribution in [0.2, 0.25) is 0 Å². The van der Waals surface area contributed by atoms with Crippen molar-refractivity contribution in [2.45, 2.75) is 6.92 Å². The number of hydrogen-bond donors (Lipinski definition) is 0. The number of rotatable bonds is 2. The fraction of sp³-hybridized carbons (Fsp3) is 0.143. The summed E-state index contributed by atoms with van der Waals surface area (Å²) in [7, 11) is 0. The molecule has 1 radical (unpaired) electrons. The van der Waals surface area contributed by atoms with Crippen molar-refractivity contribution < 1.29 is 0 Å². The van der Waals surface area contributed by atoms with Crippen LogP contribution in [0.3, 0.4) is 0 Å². The Morgan fingerprint density at radius 1 is 1.43 bits per heavy atom. The zero-order chi connectivity index (χ0) is 5.54. The van der Waals surface area contributed by atoms with Crippen LogP contribution in [-0.4, -0.2) is 0 Å². The molecule has 0 saturated carbocycles. The summed E-state index contributed by atoms with van der Waals surface area (Å²) in [5.41, 5.74) is 0. The van der Waals surface area contributed by atoms with Crippen LogP contribution in [0.25, 0.3) is 0 Å². The lowest BCUT2D eigenvalue weighted by molar-refractivity contribution is 1.65. The van der Waals surface area contributed by atoms with Crippen molar-refractivity contribution in [2.75, 3.05) is 0 Å². The molecule has 0 aliphatic heterocycles. The van der Waals surface area contributed by atoms with Gasteiger partial charge in [0, 0.05) is 0 Å². The van der Waals surface area contributed by atoms with Crippen molar-refractivity contribution in [1.29, 1.82) is 0 Å². The third-order valence-electron chi connectivity index (χ3n) is 0.510. The third kappa shape index (κ3) is 5.22. The molecular weight excluding hydrogens is 84.1 g/mol. The molecule has 0 unspecified atom stereocenters. The van der Waals surface area contributed by atoms with Crippen molar-refractivity contribution in [2.24, 2.45) is 0 Å². The topological polar surface area (TPSA) is 0 Å². The Balaban J connectivity index is 3.27. The van der Waals surface area contributed by atoms with Gasteiger partial charge in [-0.05, 0) is 13.0 Å². The second-order valence-corrected chi connectivity index (χ2v) is 1.08. The lowest BCUT2D eigenvalue weighted by atomic mass is 10.4. The van der Waals surface area contributed by atoms with E-state index in [2.05, 4.69) is 12.7 Å². The van der Waals surface area contributed by atoms with Crippen LogP contribution in [0, 0.1) is 6.08 Å². The monoisotopic (exact) mass is 93.1 g/mol. The smallest absolute Gasteiger partial charge is 0.0395 e. The Bertz CT molecular complexity index is 86.2. The summed E-state index contributed by atoms with van der Waals surface area (Å²) in [6, 6.07) is 0. The number of allylic oxidation sites excluding steroid dienone is 5. The fourth-order valence-corrected chi connectivity index (χ4v) is 0.230. The maximum absolute atomic E-state index is 3.50. The molecule has 0 rings (SSSR count). The van der Waals surface area contributed by atoms with E-state index in [9.17, 15) is 0 Å². The lowest BCUT2D eigenvalue weighted by Crippen LogP contribution is -1.44. The van der Waals surface area contributed by atoms with Crippen LogP contribution in [0.15, 0.2) is 30.9 Å². The molecule has 0 nitrogen and oxygen atoms in total. The van der Waals surface area contributed by atoms with Crippen molar-refractivity contribution in [3.05, 3.63) is 37.0 Å². The van der Waals surface area contributed by atoms with E-state index in [0.717, 1.165) is 0 Å². The minimum absolute atomic E-state index is 1.73. The first-order chi connectivity index (χ1) is 3.41. The van der Waals surface area contributed by atoms with Crippen LogP contribution >= 0.6 is 0 Å². The average Bonchev–Trinajstić information content (AvgIpc) is 1.69. The molecule has 0 aliphatic rings. The van der Waals surface area contributed by atoms with E-state index in [4.69, 9.17) is 0 Å². The van der Waals surface area contributed by atoms with E-state index in [1.807, 2.05) is 25.2 Å². The molecule has 0 amide bonds. The first kappa shape index (κ1) is 6.22. The molecule has 0 aliphatic carbocycles. The highest BCUT2D eigenvalue weighted by Crippen LogP contribution is 1.73. The molecule has 0 aromatic heterocycles. The van der Waals surface area contributed by atoms with Gasteiger partial charge in [0.1, 0.15) is 0 Å². The van der Waals surface area contributed by atoms with E-state index in [1.165, 1.54) is 0 Å². The highest BCUT2D eigenvalue weighted by molar-refractivity contribution is 5.06. The molecule has 0 bridgehead atoms. The zero-order valence-electron chi connectivity index (χ0n) is 4.52. The zero-order valence-corrected chi connectivity index (χ0v) is 4.52. The minimum atomic E-state index is 1.73. The summed E-state index contributed by atoms with van der Waals surface area (Å²) >= 11 is 0. The van der Waals surface area contributed by atoms with E-state index >= 15 is 0 Å². The maximum atomic E-state index is 3.50. The summed E-state index contributed by atoms with van der Waals surface area (Å²) in [5, 5.41) is 0. The molecule has 0 saturated heterocycles. The first-order valence-corrected chi connectivity index (χ1v) is 2.20. The fourth-order valence-electron chi connectivity index (χ4n) is 0.230. The maximum Gasteiger partial charge on any atom is -0.0395 e. The van der Waals surface area contributed by atoms with Gasteiger partial charge >= 0.3 is 0 Å². The van der Waals surface area contributed by atoms with Crippen LogP contribution in [0.1, 0.15) is 6.92 Å². The minimum Gasteiger partial charge on any atom is -0.0991 e. The summed E-state index contributed by atoms with van der Waals surface area (Å²) in [6.45, 7) is 5.35. The Kier molecular flexibility index (Phi) is 4.64. The van der Waals surface area contributed by atoms with Gasteiger partial charge in [0.25, 0.3) is 0 Å². The summed E-state index contributed by atoms with van der Waals surface area (Å²) in [6.07, 6.45) is 10.1. The van der Waals surface area contributed by atoms with E-state index in [0.29, 0.717) is 0 Å². The van der Waals surface area contributed by atoms with E-state index in [1.54, 1.807) is 6.08 Å². The Morgan fingerprint density at radius 2 is 2.14 bits per heavy atom. The third-order valence-corrected chi connectivity index (χ3v) is 0.510. The molecule has 0 fully saturated rings. The standard InChI is InChI=1S/C7H9/c1-3-5-7-6-4-2/h3,5-7H,1H2,2H3/b6-4?,7-5+. The van der Waals surface area contributed by atoms with Gasteiger partial charge in [-0.3, -0.25) is 0 Å². The van der Waals surface area contributed by atoms with Gasteiger partial charge in [-0.2, -0.15) is 0 Å². The summed E-state index contributed by atoms with van der Waals surface area (Å²) in [5.74, 6) is 0. The summed E-state index contributed by atoms with van der Waals surface area (Å²) in [4.78, 5) is 0. The number of hydrogen-bond acceptors (Lipinski definition) is 0. The van der Waals surface area contributed by atoms with Gasteiger partial charge in [0.15, 0.2) is 0 Å². The molecule has 37 valence electrons.